The van der Waals surface area contributed by atoms with E-state index in [1.165, 1.54) is 0 Å². The first-order valence-corrected chi connectivity index (χ1v) is 5.74. The number of carbonyl (C=O) groups excluding carboxylic acids is 1. The van der Waals surface area contributed by atoms with Crippen LogP contribution in [0.3, 0.4) is 0 Å². The van der Waals surface area contributed by atoms with Gasteiger partial charge in [-0.2, -0.15) is 0 Å². The third-order valence-corrected chi connectivity index (χ3v) is 2.17. The fourth-order valence-electron chi connectivity index (χ4n) is 1.26. The Labute approximate surface area is 107 Å². The Morgan fingerprint density at radius 1 is 1.33 bits per heavy atom. The van der Waals surface area contributed by atoms with Crippen LogP contribution in [0.1, 0.15) is 13.8 Å². The van der Waals surface area contributed by atoms with E-state index in [-0.39, 0.29) is 12.5 Å². The zero-order chi connectivity index (χ0) is 13.6. The minimum atomic E-state index is -0.430. The molecule has 0 bridgehead atoms. The third-order valence-electron chi connectivity index (χ3n) is 2.17. The molecule has 0 atom stereocenters. The normalized spacial score (nSPS) is 10.9. The maximum Gasteiger partial charge on any atom is 0.258 e. The largest absolute Gasteiger partial charge is 0.493 e. The van der Waals surface area contributed by atoms with E-state index < -0.39 is 5.54 Å². The van der Waals surface area contributed by atoms with Gasteiger partial charge in [0.1, 0.15) is 0 Å². The summed E-state index contributed by atoms with van der Waals surface area (Å²) in [4.78, 5) is 11.5. The average Bonchev–Trinajstić information content (AvgIpc) is 2.33. The van der Waals surface area contributed by atoms with Gasteiger partial charge in [-0.1, -0.05) is 12.1 Å². The molecule has 5 nitrogen and oxygen atoms in total. The van der Waals surface area contributed by atoms with Gasteiger partial charge in [0.2, 0.25) is 0 Å². The molecule has 0 aliphatic rings. The molecule has 1 aromatic carbocycles. The van der Waals surface area contributed by atoms with Crippen molar-refractivity contribution in [2.45, 2.75) is 19.4 Å². The van der Waals surface area contributed by atoms with E-state index in [2.05, 4.69) is 5.32 Å². The zero-order valence-electron chi connectivity index (χ0n) is 11.0. The molecule has 0 aliphatic heterocycles. The molecular weight excluding hydrogens is 232 g/mol. The Hall–Kier alpha value is -1.75. The van der Waals surface area contributed by atoms with Crippen LogP contribution in [0, 0.1) is 0 Å². The van der Waals surface area contributed by atoms with Gasteiger partial charge in [-0.3, -0.25) is 4.79 Å². The molecular formula is C13H20N2O3. The Morgan fingerprint density at radius 3 is 2.50 bits per heavy atom. The van der Waals surface area contributed by atoms with Crippen molar-refractivity contribution >= 4 is 5.91 Å². The van der Waals surface area contributed by atoms with Crippen molar-refractivity contribution in [1.29, 1.82) is 0 Å². The predicted octanol–water partition coefficient (Wildman–Crippen LogP) is 0.927. The van der Waals surface area contributed by atoms with Crippen molar-refractivity contribution in [2.75, 3.05) is 20.3 Å². The molecule has 18 heavy (non-hydrogen) atoms. The molecule has 0 radical (unpaired) electrons. The molecule has 0 unspecified atom stereocenters. The topological polar surface area (TPSA) is 73.6 Å². The standard InChI is InChI=1S/C13H20N2O3/c1-13(2,14)9-15-12(16)8-18-11-7-5-4-6-10(11)17-3/h4-7H,8-9,14H2,1-3H3,(H,15,16). The molecule has 0 fully saturated rings. The van der Waals surface area contributed by atoms with Crippen molar-refractivity contribution in [3.05, 3.63) is 24.3 Å². The predicted molar refractivity (Wildman–Crippen MR) is 69.8 cm³/mol. The molecule has 0 saturated heterocycles. The van der Waals surface area contributed by atoms with Gasteiger partial charge >= 0.3 is 0 Å². The molecule has 0 aromatic heterocycles. The second kappa shape index (κ2) is 6.26. The molecule has 1 aromatic rings. The van der Waals surface area contributed by atoms with E-state index in [1.807, 2.05) is 26.0 Å². The number of carbonyl (C=O) groups is 1. The van der Waals surface area contributed by atoms with E-state index in [0.29, 0.717) is 18.0 Å². The molecule has 1 amide bonds. The summed E-state index contributed by atoms with van der Waals surface area (Å²) in [5.41, 5.74) is 5.33. The highest BCUT2D eigenvalue weighted by molar-refractivity contribution is 5.77. The first-order chi connectivity index (χ1) is 8.42. The van der Waals surface area contributed by atoms with Crippen LogP contribution in [0.4, 0.5) is 0 Å². The maximum absolute atomic E-state index is 11.5. The summed E-state index contributed by atoms with van der Waals surface area (Å²) in [6.07, 6.45) is 0. The summed E-state index contributed by atoms with van der Waals surface area (Å²) in [6, 6.07) is 7.18. The van der Waals surface area contributed by atoms with Crippen molar-refractivity contribution in [3.63, 3.8) is 0 Å². The first-order valence-electron chi connectivity index (χ1n) is 5.74. The fourth-order valence-corrected chi connectivity index (χ4v) is 1.26. The highest BCUT2D eigenvalue weighted by Crippen LogP contribution is 2.25. The second-order valence-corrected chi connectivity index (χ2v) is 4.70. The minimum absolute atomic E-state index is 0.0591. The van der Waals surface area contributed by atoms with Crippen molar-refractivity contribution in [3.8, 4) is 11.5 Å². The molecule has 0 heterocycles. The Kier molecular flexibility index (Phi) is 4.97. The zero-order valence-corrected chi connectivity index (χ0v) is 11.0. The molecule has 0 saturated carbocycles. The van der Waals surface area contributed by atoms with Crippen molar-refractivity contribution in [2.24, 2.45) is 5.73 Å². The number of ether oxygens (including phenoxy) is 2. The highest BCUT2D eigenvalue weighted by Gasteiger charge is 2.13. The average molecular weight is 252 g/mol. The lowest BCUT2D eigenvalue weighted by atomic mass is 10.1. The lowest BCUT2D eigenvalue weighted by Crippen LogP contribution is -2.46. The van der Waals surface area contributed by atoms with E-state index in [4.69, 9.17) is 15.2 Å². The summed E-state index contributed by atoms with van der Waals surface area (Å²) >= 11 is 0. The Bertz CT molecular complexity index is 399. The number of hydrogen-bond donors (Lipinski definition) is 2. The highest BCUT2D eigenvalue weighted by atomic mass is 16.5. The van der Waals surface area contributed by atoms with Crippen molar-refractivity contribution in [1.82, 2.24) is 5.32 Å². The maximum atomic E-state index is 11.5. The number of nitrogens with one attached hydrogen (secondary N) is 1. The number of methoxy groups -OCH3 is 1. The lowest BCUT2D eigenvalue weighted by Gasteiger charge is -2.19. The van der Waals surface area contributed by atoms with E-state index in [1.54, 1.807) is 19.2 Å². The molecule has 0 spiro atoms. The van der Waals surface area contributed by atoms with Crippen LogP contribution < -0.4 is 20.5 Å². The van der Waals surface area contributed by atoms with E-state index >= 15 is 0 Å². The van der Waals surface area contributed by atoms with Crippen LogP contribution in [0.5, 0.6) is 11.5 Å². The van der Waals surface area contributed by atoms with Crippen LogP contribution >= 0.6 is 0 Å². The Balaban J connectivity index is 2.43. The van der Waals surface area contributed by atoms with Crippen LogP contribution in [0.2, 0.25) is 0 Å². The minimum Gasteiger partial charge on any atom is -0.493 e. The van der Waals surface area contributed by atoms with Gasteiger partial charge in [-0.05, 0) is 26.0 Å². The van der Waals surface area contributed by atoms with Gasteiger partial charge in [0.05, 0.1) is 7.11 Å². The third kappa shape index (κ3) is 5.05. The molecule has 5 heteroatoms. The van der Waals surface area contributed by atoms with Gasteiger partial charge in [-0.15, -0.1) is 0 Å². The van der Waals surface area contributed by atoms with E-state index in [9.17, 15) is 4.79 Å². The summed E-state index contributed by atoms with van der Waals surface area (Å²) in [6.45, 7) is 4.03. The van der Waals surface area contributed by atoms with Crippen LogP contribution in [-0.4, -0.2) is 31.7 Å². The number of nitrogens with two attached hydrogens (primary N) is 1. The monoisotopic (exact) mass is 252 g/mol. The second-order valence-electron chi connectivity index (χ2n) is 4.70. The van der Waals surface area contributed by atoms with E-state index in [0.717, 1.165) is 0 Å². The number of amides is 1. The molecule has 100 valence electrons. The van der Waals surface area contributed by atoms with Crippen molar-refractivity contribution < 1.29 is 14.3 Å². The van der Waals surface area contributed by atoms with Gasteiger partial charge in [0, 0.05) is 12.1 Å². The van der Waals surface area contributed by atoms with Gasteiger partial charge in [0.25, 0.3) is 5.91 Å². The van der Waals surface area contributed by atoms with Crippen LogP contribution in [0.15, 0.2) is 24.3 Å². The van der Waals surface area contributed by atoms with Gasteiger partial charge < -0.3 is 20.5 Å². The summed E-state index contributed by atoms with van der Waals surface area (Å²) < 4.78 is 10.5. The SMILES string of the molecule is COc1ccccc1OCC(=O)NCC(C)(C)N. The first kappa shape index (κ1) is 14.3. The number of rotatable bonds is 6. The van der Waals surface area contributed by atoms with Crippen LogP contribution in [-0.2, 0) is 4.79 Å². The summed E-state index contributed by atoms with van der Waals surface area (Å²) in [7, 11) is 1.55. The fraction of sp³-hybridized carbons (Fsp3) is 0.462. The molecule has 3 N–H and O–H groups in total. The lowest BCUT2D eigenvalue weighted by molar-refractivity contribution is -0.123. The summed E-state index contributed by atoms with van der Waals surface area (Å²) in [5, 5.41) is 2.70. The number of hydrogen-bond acceptors (Lipinski definition) is 4. The molecule has 0 aliphatic carbocycles. The Morgan fingerprint density at radius 2 is 1.94 bits per heavy atom. The van der Waals surface area contributed by atoms with Gasteiger partial charge in [-0.25, -0.2) is 0 Å². The van der Waals surface area contributed by atoms with Crippen LogP contribution in [0.25, 0.3) is 0 Å². The molecule has 1 rings (SSSR count). The number of benzene rings is 1. The summed E-state index contributed by atoms with van der Waals surface area (Å²) in [5.74, 6) is 0.936. The quantitative estimate of drug-likeness (QED) is 0.790. The van der Waals surface area contributed by atoms with Gasteiger partial charge in [0.15, 0.2) is 18.1 Å². The smallest absolute Gasteiger partial charge is 0.258 e. The number of para-hydroxylation sites is 2.